The van der Waals surface area contributed by atoms with E-state index in [0.717, 1.165) is 0 Å². The maximum absolute atomic E-state index is 12.5. The van der Waals surface area contributed by atoms with Gasteiger partial charge in [-0.2, -0.15) is 0 Å². The Morgan fingerprint density at radius 1 is 0.600 bits per heavy atom. The lowest BCUT2D eigenvalue weighted by Crippen LogP contribution is -2.01. The van der Waals surface area contributed by atoms with Crippen LogP contribution in [0.2, 0.25) is 0 Å². The molecule has 0 aromatic heterocycles. The van der Waals surface area contributed by atoms with Crippen LogP contribution in [0.15, 0.2) is 72.2 Å². The van der Waals surface area contributed by atoms with Crippen molar-refractivity contribution in [1.82, 2.24) is 0 Å². The van der Waals surface area contributed by atoms with Crippen molar-refractivity contribution in [3.63, 3.8) is 0 Å². The Morgan fingerprint density at radius 3 is 1.30 bits per heavy atom. The molecule has 3 nitrogen and oxygen atoms in total. The highest BCUT2D eigenvalue weighted by molar-refractivity contribution is 6.46. The number of ketones is 1. The molecule has 1 aliphatic rings. The van der Waals surface area contributed by atoms with Gasteiger partial charge < -0.3 is 10.2 Å². The van der Waals surface area contributed by atoms with Crippen molar-refractivity contribution in [3.8, 4) is 0 Å². The third kappa shape index (κ3) is 1.80. The number of allylic oxidation sites excluding steroid dienone is 2. The second-order valence-corrected chi connectivity index (χ2v) is 4.51. The number of aliphatic hydroxyl groups excluding tert-OH is 2. The minimum Gasteiger partial charge on any atom is -0.504 e. The highest BCUT2D eigenvalue weighted by atomic mass is 16.3. The SMILES string of the molecule is O=C1C(c2ccccc2)=C(O)C(O)=C1c1ccccc1. The third-order valence-electron chi connectivity index (χ3n) is 3.28. The van der Waals surface area contributed by atoms with E-state index >= 15 is 0 Å². The number of benzene rings is 2. The number of Topliss-reactive ketones (excluding diaryl/α,β-unsaturated/α-hetero) is 1. The van der Waals surface area contributed by atoms with Crippen molar-refractivity contribution in [1.29, 1.82) is 0 Å². The summed E-state index contributed by atoms with van der Waals surface area (Å²) in [5, 5.41) is 20.1. The van der Waals surface area contributed by atoms with Crippen molar-refractivity contribution in [3.05, 3.63) is 83.3 Å². The molecule has 2 N–H and O–H groups in total. The minimum absolute atomic E-state index is 0.141. The Bertz CT molecular complexity index is 662. The van der Waals surface area contributed by atoms with Gasteiger partial charge in [-0.25, -0.2) is 0 Å². The molecule has 2 aromatic rings. The zero-order chi connectivity index (χ0) is 14.1. The zero-order valence-electron chi connectivity index (χ0n) is 10.6. The minimum atomic E-state index is -0.364. The third-order valence-corrected chi connectivity index (χ3v) is 3.28. The molecule has 3 rings (SSSR count). The predicted molar refractivity (Wildman–Crippen MR) is 77.0 cm³/mol. The molecule has 20 heavy (non-hydrogen) atoms. The first-order chi connectivity index (χ1) is 9.70. The summed E-state index contributed by atoms with van der Waals surface area (Å²) in [4.78, 5) is 12.5. The van der Waals surface area contributed by atoms with Crippen molar-refractivity contribution in [2.75, 3.05) is 0 Å². The van der Waals surface area contributed by atoms with Crippen LogP contribution in [0.5, 0.6) is 0 Å². The van der Waals surface area contributed by atoms with Gasteiger partial charge in [0, 0.05) is 0 Å². The lowest BCUT2D eigenvalue weighted by atomic mass is 9.97. The summed E-state index contributed by atoms with van der Waals surface area (Å²) in [6.45, 7) is 0. The van der Waals surface area contributed by atoms with Gasteiger partial charge in [0.1, 0.15) is 0 Å². The molecule has 0 spiro atoms. The summed E-state index contributed by atoms with van der Waals surface area (Å²) in [6, 6.07) is 17.7. The summed E-state index contributed by atoms with van der Waals surface area (Å²) < 4.78 is 0. The second kappa shape index (κ2) is 4.70. The van der Waals surface area contributed by atoms with Gasteiger partial charge in [0.2, 0.25) is 5.78 Å². The Morgan fingerprint density at radius 2 is 0.950 bits per heavy atom. The van der Waals surface area contributed by atoms with Crippen LogP contribution in [0, 0.1) is 0 Å². The molecular weight excluding hydrogens is 252 g/mol. The highest BCUT2D eigenvalue weighted by Gasteiger charge is 2.34. The summed E-state index contributed by atoms with van der Waals surface area (Å²) in [5.74, 6) is -1.09. The lowest BCUT2D eigenvalue weighted by molar-refractivity contribution is -0.108. The van der Waals surface area contributed by atoms with E-state index in [-0.39, 0.29) is 28.4 Å². The van der Waals surface area contributed by atoms with E-state index in [4.69, 9.17) is 0 Å². The van der Waals surface area contributed by atoms with Gasteiger partial charge in [-0.05, 0) is 11.1 Å². The topological polar surface area (TPSA) is 57.5 Å². The standard InChI is InChI=1S/C17H12O3/c18-15-13(11-7-3-1-4-8-11)16(19)17(20)14(15)12-9-5-2-6-10-12/h1-10,19-20H. The number of hydrogen-bond acceptors (Lipinski definition) is 3. The van der Waals surface area contributed by atoms with Crippen LogP contribution >= 0.6 is 0 Å². The maximum Gasteiger partial charge on any atom is 0.201 e. The quantitative estimate of drug-likeness (QED) is 0.872. The second-order valence-electron chi connectivity index (χ2n) is 4.51. The Hall–Kier alpha value is -2.81. The summed E-state index contributed by atoms with van der Waals surface area (Å²) in [6.07, 6.45) is 0. The molecule has 98 valence electrons. The maximum atomic E-state index is 12.5. The Balaban J connectivity index is 2.11. The largest absolute Gasteiger partial charge is 0.504 e. The molecule has 0 aliphatic heterocycles. The molecule has 0 heterocycles. The molecule has 0 bridgehead atoms. The van der Waals surface area contributed by atoms with E-state index < -0.39 is 0 Å². The first kappa shape index (κ1) is 12.2. The molecule has 0 unspecified atom stereocenters. The van der Waals surface area contributed by atoms with Gasteiger partial charge in [0.15, 0.2) is 11.5 Å². The van der Waals surface area contributed by atoms with E-state index in [1.165, 1.54) is 0 Å². The van der Waals surface area contributed by atoms with Gasteiger partial charge in [0.25, 0.3) is 0 Å². The van der Waals surface area contributed by atoms with Crippen LogP contribution in [-0.4, -0.2) is 16.0 Å². The zero-order valence-corrected chi connectivity index (χ0v) is 10.6. The van der Waals surface area contributed by atoms with Gasteiger partial charge >= 0.3 is 0 Å². The smallest absolute Gasteiger partial charge is 0.201 e. The van der Waals surface area contributed by atoms with Gasteiger partial charge in [-0.1, -0.05) is 60.7 Å². The van der Waals surface area contributed by atoms with E-state index in [0.29, 0.717) is 11.1 Å². The number of rotatable bonds is 2. The molecule has 3 heteroatoms. The fourth-order valence-corrected chi connectivity index (χ4v) is 2.32. The van der Waals surface area contributed by atoms with Gasteiger partial charge in [0.05, 0.1) is 11.1 Å². The summed E-state index contributed by atoms with van der Waals surface area (Å²) >= 11 is 0. The fraction of sp³-hybridized carbons (Fsp3) is 0. The van der Waals surface area contributed by atoms with Gasteiger partial charge in [-0.15, -0.1) is 0 Å². The lowest BCUT2D eigenvalue weighted by Gasteiger charge is -2.04. The number of carbonyl (C=O) groups is 1. The Kier molecular flexibility index (Phi) is 2.88. The van der Waals surface area contributed by atoms with Crippen molar-refractivity contribution in [2.24, 2.45) is 0 Å². The normalized spacial score (nSPS) is 15.1. The molecule has 0 amide bonds. The molecule has 0 saturated heterocycles. The van der Waals surface area contributed by atoms with Crippen molar-refractivity contribution >= 4 is 16.9 Å². The van der Waals surface area contributed by atoms with E-state index in [1.807, 2.05) is 12.1 Å². The van der Waals surface area contributed by atoms with Crippen LogP contribution in [0.4, 0.5) is 0 Å². The van der Waals surface area contributed by atoms with Crippen LogP contribution in [0.25, 0.3) is 11.1 Å². The highest BCUT2D eigenvalue weighted by Crippen LogP contribution is 2.37. The molecule has 2 aromatic carbocycles. The molecule has 1 aliphatic carbocycles. The summed E-state index contributed by atoms with van der Waals surface area (Å²) in [5.41, 5.74) is 1.46. The number of aliphatic hydroxyl groups is 2. The van der Waals surface area contributed by atoms with Crippen molar-refractivity contribution in [2.45, 2.75) is 0 Å². The molecule has 0 radical (unpaired) electrons. The molecule has 0 fully saturated rings. The first-order valence-electron chi connectivity index (χ1n) is 6.22. The number of hydrogen-bond donors (Lipinski definition) is 2. The number of carbonyl (C=O) groups excluding carboxylic acids is 1. The summed E-state index contributed by atoms with van der Waals surface area (Å²) in [7, 11) is 0. The van der Waals surface area contributed by atoms with Crippen LogP contribution in [0.3, 0.4) is 0 Å². The average molecular weight is 264 g/mol. The molecular formula is C17H12O3. The van der Waals surface area contributed by atoms with Crippen LogP contribution in [0.1, 0.15) is 11.1 Å². The first-order valence-corrected chi connectivity index (χ1v) is 6.22. The average Bonchev–Trinajstić information content (AvgIpc) is 2.71. The van der Waals surface area contributed by atoms with E-state index in [1.54, 1.807) is 48.5 Å². The van der Waals surface area contributed by atoms with Crippen molar-refractivity contribution < 1.29 is 15.0 Å². The predicted octanol–water partition coefficient (Wildman–Crippen LogP) is 3.51. The van der Waals surface area contributed by atoms with E-state index in [9.17, 15) is 15.0 Å². The monoisotopic (exact) mass is 264 g/mol. The van der Waals surface area contributed by atoms with Gasteiger partial charge in [-0.3, -0.25) is 4.79 Å². The fourth-order valence-electron chi connectivity index (χ4n) is 2.32. The Labute approximate surface area is 116 Å². The molecule has 0 saturated carbocycles. The van der Waals surface area contributed by atoms with E-state index in [2.05, 4.69) is 0 Å². The molecule has 0 atom stereocenters. The van der Waals surface area contributed by atoms with Crippen LogP contribution < -0.4 is 0 Å². The van der Waals surface area contributed by atoms with Crippen LogP contribution in [-0.2, 0) is 4.79 Å².